The van der Waals surface area contributed by atoms with E-state index in [4.69, 9.17) is 4.74 Å². The van der Waals surface area contributed by atoms with Crippen LogP contribution in [0.2, 0.25) is 0 Å². The third-order valence-corrected chi connectivity index (χ3v) is 18.0. The zero-order valence-electron chi connectivity index (χ0n) is 34.3. The monoisotopic (exact) mass is 735 g/mol. The zero-order chi connectivity index (χ0) is 38.5. The van der Waals surface area contributed by atoms with Gasteiger partial charge in [-0.05, 0) is 155 Å². The van der Waals surface area contributed by atoms with Crippen LogP contribution in [0.1, 0.15) is 152 Å². The van der Waals surface area contributed by atoms with E-state index in [1.807, 2.05) is 0 Å². The van der Waals surface area contributed by atoms with Gasteiger partial charge >= 0.3 is 11.9 Å². The molecule has 0 radical (unpaired) electrons. The number of fused-ring (bicyclic) bond motifs is 7. The Kier molecular flexibility index (Phi) is 9.61. The Morgan fingerprint density at radius 2 is 1.57 bits per heavy atom. The fraction of sp³-hybridized carbons (Fsp3) is 0.867. The van der Waals surface area contributed by atoms with E-state index in [0.29, 0.717) is 48.5 Å². The van der Waals surface area contributed by atoms with Crippen molar-refractivity contribution >= 4 is 23.8 Å². The fourth-order valence-corrected chi connectivity index (χ4v) is 14.6. The third kappa shape index (κ3) is 6.21. The van der Waals surface area contributed by atoms with Crippen LogP contribution in [0, 0.1) is 68.0 Å². The molecule has 1 saturated heterocycles. The summed E-state index contributed by atoms with van der Waals surface area (Å²) in [6, 6.07) is 0.0876. The first-order chi connectivity index (χ1) is 24.7. The number of carbonyl (C=O) groups is 4. The minimum absolute atomic E-state index is 0.0175. The molecule has 0 spiro atoms. The Labute approximate surface area is 319 Å². The highest BCUT2D eigenvalue weighted by molar-refractivity contribution is 5.82. The van der Waals surface area contributed by atoms with E-state index < -0.39 is 17.4 Å². The smallest absolute Gasteiger partial charge is 0.309 e. The first-order valence-electron chi connectivity index (χ1n) is 21.3. The molecule has 0 aromatic rings. The molecule has 2 N–H and O–H groups in total. The van der Waals surface area contributed by atoms with Gasteiger partial charge in [-0.25, -0.2) is 0 Å². The van der Waals surface area contributed by atoms with Gasteiger partial charge in [0.1, 0.15) is 6.10 Å². The molecule has 8 heteroatoms. The van der Waals surface area contributed by atoms with Crippen molar-refractivity contribution in [2.24, 2.45) is 68.0 Å². The molecule has 2 amide bonds. The van der Waals surface area contributed by atoms with E-state index in [2.05, 4.69) is 58.3 Å². The number of nitrogens with one attached hydrogen (secondary N) is 1. The molecular weight excluding hydrogens is 665 g/mol. The van der Waals surface area contributed by atoms with Gasteiger partial charge in [0.05, 0.1) is 11.8 Å². The SMILES string of the molecule is C=C(C)[C@@H]1CC[C@]2(CC(=O)N3CC[C@@H](NC(=O)C4CC4)C3)CC[C@]3(C)[C@H](CC[C@@H]4[C@@]5(C)CC[C@H](OC(=O)CC(C)(C)C(=O)O)C(C)(C)[C@@H]5CC[C@]43C)[C@@H]12. The Morgan fingerprint density at radius 3 is 2.23 bits per heavy atom. The second kappa shape index (κ2) is 13.1. The highest BCUT2D eigenvalue weighted by Gasteiger charge is 2.71. The number of hydrogen-bond donors (Lipinski definition) is 2. The molecule has 53 heavy (non-hydrogen) atoms. The van der Waals surface area contributed by atoms with Crippen molar-refractivity contribution in [3.63, 3.8) is 0 Å². The third-order valence-electron chi connectivity index (χ3n) is 18.0. The van der Waals surface area contributed by atoms with Crippen molar-refractivity contribution in [3.05, 3.63) is 12.2 Å². The summed E-state index contributed by atoms with van der Waals surface area (Å²) in [6.45, 7) is 23.8. The number of hydrogen-bond acceptors (Lipinski definition) is 5. The van der Waals surface area contributed by atoms with Gasteiger partial charge in [-0.15, -0.1) is 0 Å². The highest BCUT2D eigenvalue weighted by atomic mass is 16.5. The summed E-state index contributed by atoms with van der Waals surface area (Å²) in [6.07, 6.45) is 14.2. The molecule has 7 rings (SSSR count). The van der Waals surface area contributed by atoms with Gasteiger partial charge in [0.25, 0.3) is 0 Å². The Hall–Kier alpha value is -2.38. The molecular formula is C45H70N2O6. The van der Waals surface area contributed by atoms with Gasteiger partial charge in [0.2, 0.25) is 11.8 Å². The molecule has 1 aliphatic heterocycles. The second-order valence-electron chi connectivity index (χ2n) is 21.5. The van der Waals surface area contributed by atoms with Gasteiger partial charge in [-0.1, -0.05) is 46.8 Å². The Balaban J connectivity index is 1.09. The number of likely N-dealkylation sites (tertiary alicyclic amines) is 1. The quantitative estimate of drug-likeness (QED) is 0.181. The minimum atomic E-state index is -1.15. The van der Waals surface area contributed by atoms with E-state index in [0.717, 1.165) is 64.3 Å². The first-order valence-corrected chi connectivity index (χ1v) is 21.3. The number of ether oxygens (including phenoxy) is 1. The molecule has 296 valence electrons. The van der Waals surface area contributed by atoms with Gasteiger partial charge in [-0.3, -0.25) is 19.2 Å². The van der Waals surface area contributed by atoms with Crippen molar-refractivity contribution in [2.45, 2.75) is 164 Å². The number of esters is 1. The maximum atomic E-state index is 14.2. The normalized spacial score (nSPS) is 43.1. The Bertz CT molecular complexity index is 1530. The van der Waals surface area contributed by atoms with Crippen LogP contribution >= 0.6 is 0 Å². The number of aliphatic carboxylic acids is 1. The van der Waals surface area contributed by atoms with E-state index in [9.17, 15) is 24.3 Å². The van der Waals surface area contributed by atoms with Gasteiger partial charge in [0.15, 0.2) is 0 Å². The number of carbonyl (C=O) groups excluding carboxylic acids is 3. The molecule has 0 unspecified atom stereocenters. The summed E-state index contributed by atoms with van der Waals surface area (Å²) in [4.78, 5) is 53.6. The number of rotatable bonds is 9. The minimum Gasteiger partial charge on any atom is -0.481 e. The largest absolute Gasteiger partial charge is 0.481 e. The number of carboxylic acids is 1. The maximum Gasteiger partial charge on any atom is 0.309 e. The molecule has 1 heterocycles. The number of nitrogens with zero attached hydrogens (tertiary/aromatic N) is 1. The van der Waals surface area contributed by atoms with E-state index in [1.54, 1.807) is 13.8 Å². The van der Waals surface area contributed by atoms with Crippen molar-refractivity contribution in [3.8, 4) is 0 Å². The molecule has 6 saturated carbocycles. The van der Waals surface area contributed by atoms with E-state index in [1.165, 1.54) is 31.3 Å². The van der Waals surface area contributed by atoms with Crippen LogP contribution in [0.15, 0.2) is 12.2 Å². The lowest BCUT2D eigenvalue weighted by molar-refractivity contribution is -0.250. The molecule has 7 fully saturated rings. The number of amides is 2. The Morgan fingerprint density at radius 1 is 0.849 bits per heavy atom. The van der Waals surface area contributed by atoms with Crippen LogP contribution in [0.4, 0.5) is 0 Å². The topological polar surface area (TPSA) is 113 Å². The summed E-state index contributed by atoms with van der Waals surface area (Å²) < 4.78 is 6.19. The predicted octanol–water partition coefficient (Wildman–Crippen LogP) is 8.57. The average Bonchev–Trinajstić information content (AvgIpc) is 3.70. The van der Waals surface area contributed by atoms with Gasteiger partial charge < -0.3 is 20.1 Å². The van der Waals surface area contributed by atoms with Crippen LogP contribution < -0.4 is 5.32 Å². The molecule has 0 bridgehead atoms. The lowest BCUT2D eigenvalue weighted by atomic mass is 9.32. The van der Waals surface area contributed by atoms with E-state index >= 15 is 0 Å². The summed E-state index contributed by atoms with van der Waals surface area (Å²) >= 11 is 0. The van der Waals surface area contributed by atoms with Crippen LogP contribution in [0.5, 0.6) is 0 Å². The van der Waals surface area contributed by atoms with Crippen LogP contribution in [-0.4, -0.2) is 59.0 Å². The lowest BCUT2D eigenvalue weighted by Gasteiger charge is -2.73. The molecule has 6 aliphatic carbocycles. The van der Waals surface area contributed by atoms with Crippen molar-refractivity contribution in [1.29, 1.82) is 0 Å². The zero-order valence-corrected chi connectivity index (χ0v) is 34.3. The highest BCUT2D eigenvalue weighted by Crippen LogP contribution is 2.78. The van der Waals surface area contributed by atoms with Crippen molar-refractivity contribution < 1.29 is 29.0 Å². The average molecular weight is 735 g/mol. The summed E-state index contributed by atoms with van der Waals surface area (Å²) in [5, 5.41) is 12.9. The molecule has 11 atom stereocenters. The molecule has 0 aromatic carbocycles. The van der Waals surface area contributed by atoms with Crippen molar-refractivity contribution in [2.75, 3.05) is 13.1 Å². The number of allylic oxidation sites excluding steroid dienone is 1. The summed E-state index contributed by atoms with van der Waals surface area (Å²) in [7, 11) is 0. The van der Waals surface area contributed by atoms with Crippen LogP contribution in [0.25, 0.3) is 0 Å². The van der Waals surface area contributed by atoms with E-state index in [-0.39, 0.29) is 57.5 Å². The predicted molar refractivity (Wildman–Crippen MR) is 205 cm³/mol. The standard InChI is InChI=1S/C45H70N2O6/c1-27(2)30-14-20-45(24-35(48)47-23-17-29(26-47)46-38(50)28-10-11-28)22-21-43(8)31(37(30)45)12-13-33-42(7)18-16-34(53-36(49)25-40(3,4)39(51)52)41(5,6)32(42)15-19-44(33,43)9/h28-34,37H,1,10-26H2,2-9H3,(H,46,50)(H,51,52)/t29-,30+,31-,32+,33-,34+,37-,42+,43-,44-,45-/m1/s1. The molecule has 8 nitrogen and oxygen atoms in total. The molecule has 7 aliphatic rings. The number of carboxylic acid groups (broad SMARTS) is 1. The van der Waals surface area contributed by atoms with Crippen molar-refractivity contribution in [1.82, 2.24) is 10.2 Å². The summed E-state index contributed by atoms with van der Waals surface area (Å²) in [5.41, 5.74) is 0.425. The van der Waals surface area contributed by atoms with Gasteiger partial charge in [0, 0.05) is 36.9 Å². The maximum absolute atomic E-state index is 14.2. The first kappa shape index (κ1) is 38.9. The van der Waals surface area contributed by atoms with Crippen LogP contribution in [0.3, 0.4) is 0 Å². The second-order valence-corrected chi connectivity index (χ2v) is 21.5. The fourth-order valence-electron chi connectivity index (χ4n) is 14.6. The summed E-state index contributed by atoms with van der Waals surface area (Å²) in [5.74, 6) is 1.77. The molecule has 0 aromatic heterocycles. The van der Waals surface area contributed by atoms with Crippen LogP contribution in [-0.2, 0) is 23.9 Å². The van der Waals surface area contributed by atoms with Gasteiger partial charge in [-0.2, -0.15) is 0 Å². The lowest BCUT2D eigenvalue weighted by Crippen LogP contribution is -2.67.